The van der Waals surface area contributed by atoms with Crippen molar-refractivity contribution >= 4 is 29.1 Å². The average Bonchev–Trinajstić information content (AvgIpc) is 2.66. The minimum absolute atomic E-state index is 0.316. The van der Waals surface area contributed by atoms with Crippen molar-refractivity contribution < 1.29 is 9.90 Å². The molecule has 0 aromatic heterocycles. The average molecular weight is 357 g/mol. The number of aryl methyl sites for hydroxylation is 2. The Morgan fingerprint density at radius 3 is 1.48 bits per heavy atom. The molecule has 0 amide bonds. The van der Waals surface area contributed by atoms with Crippen LogP contribution in [0.5, 0.6) is 0 Å². The molecule has 0 fully saturated rings. The first kappa shape index (κ1) is 18.5. The molecule has 0 spiro atoms. The van der Waals surface area contributed by atoms with Gasteiger partial charge >= 0.3 is 5.97 Å². The number of hydrogen-bond donors (Lipinski definition) is 1. The Morgan fingerprint density at radius 2 is 1.11 bits per heavy atom. The molecule has 0 saturated carbocycles. The lowest BCUT2D eigenvalue weighted by Crippen LogP contribution is -2.09. The van der Waals surface area contributed by atoms with E-state index < -0.39 is 5.97 Å². The monoisotopic (exact) mass is 357 g/mol. The summed E-state index contributed by atoms with van der Waals surface area (Å²) >= 11 is 0. The van der Waals surface area contributed by atoms with Crippen molar-refractivity contribution in [2.24, 2.45) is 0 Å². The van der Waals surface area contributed by atoms with Gasteiger partial charge in [0.05, 0.1) is 0 Å². The first-order valence-corrected chi connectivity index (χ1v) is 8.89. The SMILES string of the molecule is C/C(=C\c1ccc(N(c2ccc(C)cc2)c2ccc(C)cc2)cc1)C(=O)O. The van der Waals surface area contributed by atoms with Crippen molar-refractivity contribution in [3.8, 4) is 0 Å². The Balaban J connectivity index is 2.02. The second-order valence-corrected chi connectivity index (χ2v) is 6.73. The fraction of sp³-hybridized carbons (Fsp3) is 0.125. The zero-order valence-corrected chi connectivity index (χ0v) is 15.8. The van der Waals surface area contributed by atoms with Crippen LogP contribution in [0.15, 0.2) is 78.4 Å². The zero-order valence-electron chi connectivity index (χ0n) is 15.8. The standard InChI is InChI=1S/C24H23NO2/c1-17-4-10-21(11-5-17)25(22-12-6-18(2)7-13-22)23-14-8-20(9-15-23)16-19(3)24(26)27/h4-16H,1-3H3,(H,26,27)/b19-16+. The molecule has 0 unspecified atom stereocenters. The Bertz CT molecular complexity index is 907. The molecule has 1 N–H and O–H groups in total. The summed E-state index contributed by atoms with van der Waals surface area (Å²) in [5.41, 5.74) is 6.79. The van der Waals surface area contributed by atoms with Gasteiger partial charge in [-0.15, -0.1) is 0 Å². The molecule has 0 aliphatic rings. The molecule has 0 bridgehead atoms. The van der Waals surface area contributed by atoms with E-state index >= 15 is 0 Å². The molecule has 3 aromatic carbocycles. The fourth-order valence-corrected chi connectivity index (χ4v) is 2.87. The Kier molecular flexibility index (Phi) is 5.41. The van der Waals surface area contributed by atoms with E-state index in [-0.39, 0.29) is 0 Å². The second-order valence-electron chi connectivity index (χ2n) is 6.73. The number of carboxylic acid groups (broad SMARTS) is 1. The summed E-state index contributed by atoms with van der Waals surface area (Å²) in [6, 6.07) is 24.8. The number of aliphatic carboxylic acids is 1. The summed E-state index contributed by atoms with van der Waals surface area (Å²) in [6.07, 6.45) is 1.67. The molecule has 136 valence electrons. The lowest BCUT2D eigenvalue weighted by atomic mass is 10.1. The first-order valence-electron chi connectivity index (χ1n) is 8.89. The molecular weight excluding hydrogens is 334 g/mol. The zero-order chi connectivity index (χ0) is 19.4. The Hall–Kier alpha value is -3.33. The highest BCUT2D eigenvalue weighted by molar-refractivity contribution is 5.91. The molecule has 0 aliphatic carbocycles. The number of anilines is 3. The number of carboxylic acids is 1. The first-order chi connectivity index (χ1) is 12.9. The molecule has 3 aromatic rings. The number of benzene rings is 3. The van der Waals surface area contributed by atoms with Gasteiger partial charge in [0.2, 0.25) is 0 Å². The predicted molar refractivity (Wildman–Crippen MR) is 112 cm³/mol. The third-order valence-corrected chi connectivity index (χ3v) is 4.46. The molecule has 27 heavy (non-hydrogen) atoms. The van der Waals surface area contributed by atoms with Crippen LogP contribution < -0.4 is 4.90 Å². The van der Waals surface area contributed by atoms with Gasteiger partial charge in [-0.1, -0.05) is 47.5 Å². The smallest absolute Gasteiger partial charge is 0.331 e. The van der Waals surface area contributed by atoms with Crippen LogP contribution in [-0.2, 0) is 4.79 Å². The van der Waals surface area contributed by atoms with E-state index in [0.29, 0.717) is 5.57 Å². The number of rotatable bonds is 5. The van der Waals surface area contributed by atoms with Gasteiger partial charge < -0.3 is 10.0 Å². The van der Waals surface area contributed by atoms with Crippen molar-refractivity contribution in [2.75, 3.05) is 4.90 Å². The molecular formula is C24H23NO2. The number of nitrogens with zero attached hydrogens (tertiary/aromatic N) is 1. The van der Waals surface area contributed by atoms with Crippen molar-refractivity contribution in [1.82, 2.24) is 0 Å². The van der Waals surface area contributed by atoms with Crippen LogP contribution in [0.2, 0.25) is 0 Å². The van der Waals surface area contributed by atoms with Gasteiger partial charge in [-0.3, -0.25) is 0 Å². The Morgan fingerprint density at radius 1 is 0.741 bits per heavy atom. The summed E-state index contributed by atoms with van der Waals surface area (Å²) in [4.78, 5) is 13.2. The van der Waals surface area contributed by atoms with Crippen molar-refractivity contribution in [2.45, 2.75) is 20.8 Å². The van der Waals surface area contributed by atoms with Crippen LogP contribution in [0, 0.1) is 13.8 Å². The highest BCUT2D eigenvalue weighted by Gasteiger charge is 2.12. The van der Waals surface area contributed by atoms with E-state index in [1.807, 2.05) is 24.3 Å². The van der Waals surface area contributed by atoms with Crippen LogP contribution in [0.4, 0.5) is 17.1 Å². The van der Waals surface area contributed by atoms with Gasteiger partial charge in [0, 0.05) is 22.6 Å². The van der Waals surface area contributed by atoms with Crippen LogP contribution in [0.3, 0.4) is 0 Å². The highest BCUT2D eigenvalue weighted by atomic mass is 16.4. The fourth-order valence-electron chi connectivity index (χ4n) is 2.87. The lowest BCUT2D eigenvalue weighted by molar-refractivity contribution is -0.132. The van der Waals surface area contributed by atoms with E-state index in [2.05, 4.69) is 67.3 Å². The van der Waals surface area contributed by atoms with Gasteiger partial charge in [0.15, 0.2) is 0 Å². The van der Waals surface area contributed by atoms with E-state index in [1.54, 1.807) is 13.0 Å². The maximum atomic E-state index is 11.0. The minimum Gasteiger partial charge on any atom is -0.478 e. The highest BCUT2D eigenvalue weighted by Crippen LogP contribution is 2.34. The summed E-state index contributed by atoms with van der Waals surface area (Å²) in [5.74, 6) is -0.903. The Labute approximate surface area is 160 Å². The topological polar surface area (TPSA) is 40.5 Å². The maximum absolute atomic E-state index is 11.0. The third kappa shape index (κ3) is 4.45. The van der Waals surface area contributed by atoms with E-state index in [1.165, 1.54) is 11.1 Å². The summed E-state index contributed by atoms with van der Waals surface area (Å²) in [5, 5.41) is 9.05. The molecule has 0 atom stereocenters. The van der Waals surface area contributed by atoms with E-state index in [9.17, 15) is 4.79 Å². The quantitative estimate of drug-likeness (QED) is 0.548. The van der Waals surface area contributed by atoms with Crippen molar-refractivity contribution in [1.29, 1.82) is 0 Å². The molecule has 3 nitrogen and oxygen atoms in total. The number of hydrogen-bond acceptors (Lipinski definition) is 2. The summed E-state index contributed by atoms with van der Waals surface area (Å²) in [6.45, 7) is 5.75. The summed E-state index contributed by atoms with van der Waals surface area (Å²) < 4.78 is 0. The lowest BCUT2D eigenvalue weighted by Gasteiger charge is -2.26. The third-order valence-electron chi connectivity index (χ3n) is 4.46. The summed E-state index contributed by atoms with van der Waals surface area (Å²) in [7, 11) is 0. The number of carbonyl (C=O) groups is 1. The normalized spacial score (nSPS) is 11.3. The molecule has 0 radical (unpaired) electrons. The van der Waals surface area contributed by atoms with Gasteiger partial charge in [-0.05, 0) is 68.8 Å². The molecule has 0 heterocycles. The van der Waals surface area contributed by atoms with Gasteiger partial charge in [-0.2, -0.15) is 0 Å². The minimum atomic E-state index is -0.903. The molecule has 3 heteroatoms. The second kappa shape index (κ2) is 7.92. The van der Waals surface area contributed by atoms with Gasteiger partial charge in [0.25, 0.3) is 0 Å². The van der Waals surface area contributed by atoms with E-state index in [4.69, 9.17) is 5.11 Å². The van der Waals surface area contributed by atoms with Crippen LogP contribution in [0.1, 0.15) is 23.6 Å². The van der Waals surface area contributed by atoms with E-state index in [0.717, 1.165) is 22.6 Å². The van der Waals surface area contributed by atoms with Crippen molar-refractivity contribution in [3.05, 3.63) is 95.1 Å². The molecule has 0 aliphatic heterocycles. The predicted octanol–water partition coefficient (Wildman–Crippen LogP) is 6.26. The molecule has 3 rings (SSSR count). The van der Waals surface area contributed by atoms with Crippen LogP contribution >= 0.6 is 0 Å². The van der Waals surface area contributed by atoms with Gasteiger partial charge in [-0.25, -0.2) is 4.79 Å². The maximum Gasteiger partial charge on any atom is 0.331 e. The molecule has 0 saturated heterocycles. The van der Waals surface area contributed by atoms with Crippen LogP contribution in [0.25, 0.3) is 6.08 Å². The van der Waals surface area contributed by atoms with Crippen molar-refractivity contribution in [3.63, 3.8) is 0 Å². The van der Waals surface area contributed by atoms with Gasteiger partial charge in [0.1, 0.15) is 0 Å². The largest absolute Gasteiger partial charge is 0.478 e. The van der Waals surface area contributed by atoms with Crippen LogP contribution in [-0.4, -0.2) is 11.1 Å².